The molecule has 0 aromatic rings. The van der Waals surface area contributed by atoms with Crippen LogP contribution < -0.4 is 0 Å². The molecule has 1 heterocycles. The first-order valence-corrected chi connectivity index (χ1v) is 4.85. The lowest BCUT2D eigenvalue weighted by Gasteiger charge is -2.27. The summed E-state index contributed by atoms with van der Waals surface area (Å²) in [4.78, 5) is 0. The second-order valence-corrected chi connectivity index (χ2v) is 3.63. The number of hydrogen-bond donors (Lipinski definition) is 1. The smallest absolute Gasteiger partial charge is 0.389 e. The average Bonchev–Trinajstić information content (AvgIpc) is 2.14. The van der Waals surface area contributed by atoms with Crippen LogP contribution in [-0.4, -0.2) is 30.1 Å². The van der Waals surface area contributed by atoms with E-state index in [0.717, 1.165) is 12.8 Å². The highest BCUT2D eigenvalue weighted by Crippen LogP contribution is 2.25. The van der Waals surface area contributed by atoms with E-state index in [-0.39, 0.29) is 6.42 Å². The van der Waals surface area contributed by atoms with Crippen LogP contribution in [0, 0.1) is 0 Å². The first-order chi connectivity index (χ1) is 6.49. The fraction of sp³-hybridized carbons (Fsp3) is 1.00. The molecule has 0 spiro atoms. The molecule has 1 fully saturated rings. The maximum Gasteiger partial charge on any atom is 0.389 e. The van der Waals surface area contributed by atoms with Crippen LogP contribution in [0.25, 0.3) is 0 Å². The number of rotatable bonds is 3. The van der Waals surface area contributed by atoms with Crippen LogP contribution in [0.5, 0.6) is 0 Å². The predicted octanol–water partition coefficient (Wildman–Crippen LogP) is 2.26. The van der Waals surface area contributed by atoms with Gasteiger partial charge in [0.25, 0.3) is 0 Å². The Bertz CT molecular complexity index is 164. The molecule has 0 aromatic heterocycles. The molecule has 0 radical (unpaired) electrons. The van der Waals surface area contributed by atoms with E-state index in [9.17, 15) is 18.3 Å². The normalized spacial score (nSPS) is 26.1. The molecule has 1 saturated heterocycles. The Morgan fingerprint density at radius 1 is 1.36 bits per heavy atom. The molecule has 0 aliphatic carbocycles. The largest absolute Gasteiger partial charge is 0.390 e. The zero-order chi connectivity index (χ0) is 10.6. The van der Waals surface area contributed by atoms with Crippen LogP contribution in [-0.2, 0) is 4.74 Å². The minimum absolute atomic E-state index is 0.256. The standard InChI is InChI=1S/C9H15F3O2/c10-9(11,12)5-4-7(13)8-3-1-2-6-14-8/h7-8,13H,1-6H2. The molecular formula is C9H15F3O2. The predicted molar refractivity (Wildman–Crippen MR) is 44.9 cm³/mol. The molecule has 0 bridgehead atoms. The maximum absolute atomic E-state index is 11.8. The highest BCUT2D eigenvalue weighted by molar-refractivity contribution is 4.73. The quantitative estimate of drug-likeness (QED) is 0.777. The SMILES string of the molecule is OC(CCC(F)(F)F)C1CCCCO1. The van der Waals surface area contributed by atoms with Crippen molar-refractivity contribution in [2.24, 2.45) is 0 Å². The number of alkyl halides is 3. The Kier molecular flexibility index (Phi) is 4.19. The van der Waals surface area contributed by atoms with Crippen molar-refractivity contribution in [2.75, 3.05) is 6.61 Å². The Morgan fingerprint density at radius 3 is 2.57 bits per heavy atom. The van der Waals surface area contributed by atoms with Crippen LogP contribution in [0.15, 0.2) is 0 Å². The third-order valence-electron chi connectivity index (χ3n) is 2.37. The summed E-state index contributed by atoms with van der Waals surface area (Å²) in [6, 6.07) is 0. The molecule has 84 valence electrons. The van der Waals surface area contributed by atoms with Crippen molar-refractivity contribution in [3.8, 4) is 0 Å². The lowest BCUT2D eigenvalue weighted by molar-refractivity contribution is -0.147. The van der Waals surface area contributed by atoms with Crippen molar-refractivity contribution in [2.45, 2.75) is 50.5 Å². The van der Waals surface area contributed by atoms with Gasteiger partial charge in [0.2, 0.25) is 0 Å². The van der Waals surface area contributed by atoms with Crippen LogP contribution >= 0.6 is 0 Å². The summed E-state index contributed by atoms with van der Waals surface area (Å²) in [5.74, 6) is 0. The zero-order valence-electron chi connectivity index (χ0n) is 7.89. The molecule has 1 aliphatic heterocycles. The fourth-order valence-electron chi connectivity index (χ4n) is 1.57. The second-order valence-electron chi connectivity index (χ2n) is 3.63. The number of hydrogen-bond acceptors (Lipinski definition) is 2. The van der Waals surface area contributed by atoms with Gasteiger partial charge in [0.05, 0.1) is 12.2 Å². The fourth-order valence-corrected chi connectivity index (χ4v) is 1.57. The summed E-state index contributed by atoms with van der Waals surface area (Å²) in [6.45, 7) is 0.549. The number of aliphatic hydroxyl groups is 1. The molecule has 0 aromatic carbocycles. The van der Waals surface area contributed by atoms with Crippen LogP contribution in [0.2, 0.25) is 0 Å². The molecule has 2 nitrogen and oxygen atoms in total. The van der Waals surface area contributed by atoms with Gasteiger partial charge in [-0.3, -0.25) is 0 Å². The van der Waals surface area contributed by atoms with Crippen molar-refractivity contribution >= 4 is 0 Å². The zero-order valence-corrected chi connectivity index (χ0v) is 7.89. The number of halogens is 3. The number of ether oxygens (including phenoxy) is 1. The molecule has 0 amide bonds. The molecule has 14 heavy (non-hydrogen) atoms. The molecular weight excluding hydrogens is 197 g/mol. The van der Waals surface area contributed by atoms with Crippen molar-refractivity contribution in [1.29, 1.82) is 0 Å². The lowest BCUT2D eigenvalue weighted by Crippen LogP contribution is -2.33. The summed E-state index contributed by atoms with van der Waals surface area (Å²) >= 11 is 0. The van der Waals surface area contributed by atoms with Gasteiger partial charge in [0.15, 0.2) is 0 Å². The highest BCUT2D eigenvalue weighted by atomic mass is 19.4. The summed E-state index contributed by atoms with van der Waals surface area (Å²) in [5.41, 5.74) is 0. The van der Waals surface area contributed by atoms with Crippen LogP contribution in [0.4, 0.5) is 13.2 Å². The van der Waals surface area contributed by atoms with E-state index in [2.05, 4.69) is 0 Å². The first-order valence-electron chi connectivity index (χ1n) is 4.85. The van der Waals surface area contributed by atoms with E-state index in [1.54, 1.807) is 0 Å². The molecule has 1 rings (SSSR count). The van der Waals surface area contributed by atoms with E-state index in [0.29, 0.717) is 13.0 Å². The van der Waals surface area contributed by atoms with E-state index >= 15 is 0 Å². The maximum atomic E-state index is 11.8. The summed E-state index contributed by atoms with van der Waals surface area (Å²) in [6.07, 6.45) is -4.23. The van der Waals surface area contributed by atoms with Crippen molar-refractivity contribution < 1.29 is 23.0 Å². The molecule has 1 N–H and O–H groups in total. The van der Waals surface area contributed by atoms with Gasteiger partial charge in [-0.15, -0.1) is 0 Å². The van der Waals surface area contributed by atoms with Crippen molar-refractivity contribution in [3.05, 3.63) is 0 Å². The van der Waals surface area contributed by atoms with Gasteiger partial charge in [-0.25, -0.2) is 0 Å². The summed E-state index contributed by atoms with van der Waals surface area (Å²) in [7, 11) is 0. The van der Waals surface area contributed by atoms with E-state index in [1.807, 2.05) is 0 Å². The van der Waals surface area contributed by atoms with E-state index < -0.39 is 24.8 Å². The highest BCUT2D eigenvalue weighted by Gasteiger charge is 2.30. The van der Waals surface area contributed by atoms with Gasteiger partial charge in [0, 0.05) is 13.0 Å². The minimum atomic E-state index is -4.18. The molecule has 2 atom stereocenters. The van der Waals surface area contributed by atoms with Gasteiger partial charge < -0.3 is 9.84 Å². The Balaban J connectivity index is 2.23. The third kappa shape index (κ3) is 4.28. The lowest BCUT2D eigenvalue weighted by atomic mass is 10.0. The van der Waals surface area contributed by atoms with Gasteiger partial charge in [0.1, 0.15) is 0 Å². The Morgan fingerprint density at radius 2 is 2.07 bits per heavy atom. The summed E-state index contributed by atoms with van der Waals surface area (Å²) in [5, 5.41) is 9.41. The summed E-state index contributed by atoms with van der Waals surface area (Å²) < 4.78 is 40.7. The topological polar surface area (TPSA) is 29.5 Å². The molecule has 2 unspecified atom stereocenters. The van der Waals surface area contributed by atoms with Crippen molar-refractivity contribution in [1.82, 2.24) is 0 Å². The van der Waals surface area contributed by atoms with E-state index in [4.69, 9.17) is 4.74 Å². The van der Waals surface area contributed by atoms with Gasteiger partial charge in [-0.1, -0.05) is 0 Å². The monoisotopic (exact) mass is 212 g/mol. The van der Waals surface area contributed by atoms with Gasteiger partial charge in [-0.05, 0) is 25.7 Å². The Hall–Kier alpha value is -0.290. The third-order valence-corrected chi connectivity index (χ3v) is 2.37. The van der Waals surface area contributed by atoms with Gasteiger partial charge in [-0.2, -0.15) is 13.2 Å². The molecule has 1 aliphatic rings. The number of aliphatic hydroxyl groups excluding tert-OH is 1. The van der Waals surface area contributed by atoms with Gasteiger partial charge >= 0.3 is 6.18 Å². The van der Waals surface area contributed by atoms with E-state index in [1.165, 1.54) is 0 Å². The second kappa shape index (κ2) is 4.98. The van der Waals surface area contributed by atoms with Crippen LogP contribution in [0.1, 0.15) is 32.1 Å². The van der Waals surface area contributed by atoms with Crippen molar-refractivity contribution in [3.63, 3.8) is 0 Å². The van der Waals surface area contributed by atoms with Crippen LogP contribution in [0.3, 0.4) is 0 Å². The average molecular weight is 212 g/mol. The Labute approximate surface area is 81.1 Å². The molecule has 0 saturated carbocycles. The molecule has 5 heteroatoms. The first kappa shape index (κ1) is 11.8. The minimum Gasteiger partial charge on any atom is -0.390 e.